The maximum atomic E-state index is 12.5. The molecule has 1 unspecified atom stereocenters. The SMILES string of the molecule is Cn1c(NC(=O)C2CCCN(S(C)(=O)=O)C2)nc2cc(Cl)ccc21. The van der Waals surface area contributed by atoms with E-state index in [1.807, 2.05) is 13.1 Å². The van der Waals surface area contributed by atoms with Crippen molar-refractivity contribution in [1.29, 1.82) is 0 Å². The Hall–Kier alpha value is -1.64. The number of piperidine rings is 1. The molecule has 0 spiro atoms. The first-order valence-corrected chi connectivity index (χ1v) is 9.86. The van der Waals surface area contributed by atoms with Crippen LogP contribution in [0.5, 0.6) is 0 Å². The molecule has 0 radical (unpaired) electrons. The third-order valence-corrected chi connectivity index (χ3v) is 5.81. The van der Waals surface area contributed by atoms with Crippen molar-refractivity contribution in [3.63, 3.8) is 0 Å². The summed E-state index contributed by atoms with van der Waals surface area (Å²) in [7, 11) is -1.47. The van der Waals surface area contributed by atoms with E-state index < -0.39 is 10.0 Å². The van der Waals surface area contributed by atoms with Gasteiger partial charge in [0.1, 0.15) is 0 Å². The normalized spacial score (nSPS) is 19.5. The van der Waals surface area contributed by atoms with Crippen molar-refractivity contribution in [3.05, 3.63) is 23.2 Å². The predicted molar refractivity (Wildman–Crippen MR) is 93.5 cm³/mol. The number of aryl methyl sites for hydroxylation is 1. The van der Waals surface area contributed by atoms with Gasteiger partial charge in [0.2, 0.25) is 21.9 Å². The van der Waals surface area contributed by atoms with Crippen LogP contribution in [0.25, 0.3) is 11.0 Å². The number of fused-ring (bicyclic) bond motifs is 1. The number of amides is 1. The maximum Gasteiger partial charge on any atom is 0.231 e. The molecule has 1 fully saturated rings. The number of carbonyl (C=O) groups is 1. The lowest BCUT2D eigenvalue weighted by Gasteiger charge is -2.29. The zero-order valence-corrected chi connectivity index (χ0v) is 15.1. The summed E-state index contributed by atoms with van der Waals surface area (Å²) in [5.74, 6) is -0.168. The van der Waals surface area contributed by atoms with Crippen LogP contribution in [0.4, 0.5) is 5.95 Å². The van der Waals surface area contributed by atoms with E-state index in [1.165, 1.54) is 10.6 Å². The second-order valence-corrected chi connectivity index (χ2v) is 8.50. The molecule has 1 aromatic carbocycles. The summed E-state index contributed by atoms with van der Waals surface area (Å²) in [5.41, 5.74) is 1.55. The summed E-state index contributed by atoms with van der Waals surface area (Å²) < 4.78 is 26.5. The number of nitrogens with one attached hydrogen (secondary N) is 1. The first-order valence-electron chi connectivity index (χ1n) is 7.63. The number of hydrogen-bond donors (Lipinski definition) is 1. The highest BCUT2D eigenvalue weighted by atomic mass is 35.5. The number of nitrogens with zero attached hydrogens (tertiary/aromatic N) is 3. The fourth-order valence-electron chi connectivity index (χ4n) is 2.95. The minimum absolute atomic E-state index is 0.209. The Morgan fingerprint density at radius 2 is 2.17 bits per heavy atom. The molecule has 7 nitrogen and oxygen atoms in total. The molecule has 3 rings (SSSR count). The zero-order valence-electron chi connectivity index (χ0n) is 13.5. The molecule has 130 valence electrons. The first-order chi connectivity index (χ1) is 11.3. The summed E-state index contributed by atoms with van der Waals surface area (Å²) >= 11 is 5.97. The number of anilines is 1. The van der Waals surface area contributed by atoms with Gasteiger partial charge in [-0.3, -0.25) is 10.1 Å². The van der Waals surface area contributed by atoms with Crippen LogP contribution in [0, 0.1) is 5.92 Å². The minimum atomic E-state index is -3.28. The van der Waals surface area contributed by atoms with Gasteiger partial charge in [0.25, 0.3) is 0 Å². The van der Waals surface area contributed by atoms with E-state index in [-0.39, 0.29) is 18.4 Å². The molecule has 1 aliphatic heterocycles. The molecule has 9 heteroatoms. The van der Waals surface area contributed by atoms with Crippen LogP contribution in [0.1, 0.15) is 12.8 Å². The van der Waals surface area contributed by atoms with E-state index in [4.69, 9.17) is 11.6 Å². The fourth-order valence-corrected chi connectivity index (χ4v) is 4.03. The number of aromatic nitrogens is 2. The number of hydrogen-bond acceptors (Lipinski definition) is 4. The molecular weight excluding hydrogens is 352 g/mol. The van der Waals surface area contributed by atoms with Crippen LogP contribution < -0.4 is 5.32 Å². The average molecular weight is 371 g/mol. The molecule has 2 aromatic rings. The van der Waals surface area contributed by atoms with Crippen molar-refractivity contribution in [2.24, 2.45) is 13.0 Å². The summed E-state index contributed by atoms with van der Waals surface area (Å²) in [6.07, 6.45) is 2.50. The topological polar surface area (TPSA) is 84.3 Å². The van der Waals surface area contributed by atoms with Crippen molar-refractivity contribution in [3.8, 4) is 0 Å². The smallest absolute Gasteiger partial charge is 0.231 e. The molecule has 1 atom stereocenters. The third kappa shape index (κ3) is 3.40. The van der Waals surface area contributed by atoms with Crippen LogP contribution >= 0.6 is 11.6 Å². The van der Waals surface area contributed by atoms with E-state index in [0.717, 1.165) is 5.52 Å². The van der Waals surface area contributed by atoms with Crippen molar-refractivity contribution >= 4 is 44.5 Å². The number of rotatable bonds is 3. The van der Waals surface area contributed by atoms with Crippen molar-refractivity contribution < 1.29 is 13.2 Å². The molecule has 1 amide bonds. The van der Waals surface area contributed by atoms with Crippen LogP contribution in [-0.2, 0) is 21.9 Å². The van der Waals surface area contributed by atoms with Gasteiger partial charge < -0.3 is 4.57 Å². The minimum Gasteiger partial charge on any atom is -0.313 e. The Morgan fingerprint density at radius 1 is 1.42 bits per heavy atom. The lowest BCUT2D eigenvalue weighted by atomic mass is 9.99. The van der Waals surface area contributed by atoms with Gasteiger partial charge in [-0.1, -0.05) is 11.6 Å². The van der Waals surface area contributed by atoms with Gasteiger partial charge in [0, 0.05) is 25.2 Å². The molecule has 2 heterocycles. The number of benzene rings is 1. The lowest BCUT2D eigenvalue weighted by molar-refractivity contribution is -0.120. The monoisotopic (exact) mass is 370 g/mol. The van der Waals surface area contributed by atoms with Crippen LogP contribution in [0.3, 0.4) is 0 Å². The molecule has 0 bridgehead atoms. The summed E-state index contributed by atoms with van der Waals surface area (Å²) in [6, 6.07) is 5.34. The molecule has 0 saturated carbocycles. The molecule has 1 N–H and O–H groups in total. The van der Waals surface area contributed by atoms with E-state index in [2.05, 4.69) is 10.3 Å². The highest BCUT2D eigenvalue weighted by molar-refractivity contribution is 7.88. The Kier molecular flexibility index (Phi) is 4.54. The van der Waals surface area contributed by atoms with Gasteiger partial charge >= 0.3 is 0 Å². The van der Waals surface area contributed by atoms with Gasteiger partial charge in [0.15, 0.2) is 0 Å². The highest BCUT2D eigenvalue weighted by Crippen LogP contribution is 2.24. The Balaban J connectivity index is 1.78. The van der Waals surface area contributed by atoms with Gasteiger partial charge in [-0.05, 0) is 31.0 Å². The maximum absolute atomic E-state index is 12.5. The van der Waals surface area contributed by atoms with Crippen LogP contribution in [-0.4, -0.2) is 47.5 Å². The Morgan fingerprint density at radius 3 is 2.88 bits per heavy atom. The van der Waals surface area contributed by atoms with E-state index >= 15 is 0 Å². The van der Waals surface area contributed by atoms with E-state index in [0.29, 0.717) is 35.9 Å². The second-order valence-electron chi connectivity index (χ2n) is 6.08. The van der Waals surface area contributed by atoms with E-state index in [1.54, 1.807) is 16.7 Å². The quantitative estimate of drug-likeness (QED) is 0.893. The zero-order chi connectivity index (χ0) is 17.5. The van der Waals surface area contributed by atoms with Gasteiger partial charge in [-0.25, -0.2) is 17.7 Å². The van der Waals surface area contributed by atoms with Crippen LogP contribution in [0.2, 0.25) is 5.02 Å². The summed E-state index contributed by atoms with van der Waals surface area (Å²) in [5, 5.41) is 3.39. The number of sulfonamides is 1. The van der Waals surface area contributed by atoms with Crippen molar-refractivity contribution in [2.75, 3.05) is 24.7 Å². The molecule has 1 saturated heterocycles. The molecule has 1 aliphatic rings. The average Bonchev–Trinajstić information content (AvgIpc) is 2.82. The largest absolute Gasteiger partial charge is 0.313 e. The van der Waals surface area contributed by atoms with Gasteiger partial charge in [-0.15, -0.1) is 0 Å². The molecular formula is C15H19ClN4O3S. The van der Waals surface area contributed by atoms with Crippen molar-refractivity contribution in [2.45, 2.75) is 12.8 Å². The fraction of sp³-hybridized carbons (Fsp3) is 0.467. The van der Waals surface area contributed by atoms with Crippen molar-refractivity contribution in [1.82, 2.24) is 13.9 Å². The molecule has 1 aromatic heterocycles. The van der Waals surface area contributed by atoms with E-state index in [9.17, 15) is 13.2 Å². The lowest BCUT2D eigenvalue weighted by Crippen LogP contribution is -2.43. The second kappa shape index (κ2) is 6.34. The predicted octanol–water partition coefficient (Wildman–Crippen LogP) is 1.84. The standard InChI is InChI=1S/C15H19ClN4O3S/c1-19-13-6-5-11(16)8-12(13)17-15(19)18-14(21)10-4-3-7-20(9-10)24(2,22)23/h5-6,8,10H,3-4,7,9H2,1-2H3,(H,17,18,21). The summed E-state index contributed by atoms with van der Waals surface area (Å²) in [6.45, 7) is 0.674. The number of imidazole rings is 1. The summed E-state index contributed by atoms with van der Waals surface area (Å²) in [4.78, 5) is 16.9. The Labute approximate surface area is 145 Å². The first kappa shape index (κ1) is 17.2. The molecule has 24 heavy (non-hydrogen) atoms. The molecule has 0 aliphatic carbocycles. The van der Waals surface area contributed by atoms with Gasteiger partial charge in [-0.2, -0.15) is 0 Å². The highest BCUT2D eigenvalue weighted by Gasteiger charge is 2.30. The van der Waals surface area contributed by atoms with Crippen LogP contribution in [0.15, 0.2) is 18.2 Å². The third-order valence-electron chi connectivity index (χ3n) is 4.30. The number of halogens is 1. The number of carbonyl (C=O) groups excluding carboxylic acids is 1. The van der Waals surface area contributed by atoms with Gasteiger partial charge in [0.05, 0.1) is 23.2 Å². The Bertz CT molecular complexity index is 894.